The minimum Gasteiger partial charge on any atom is -0.339 e. The SMILES string of the molecule is CC(C)[NH2+]CC[n+]1cc2ccccc2c2ccccc21. The van der Waals surface area contributed by atoms with Crippen LogP contribution in [0.3, 0.4) is 0 Å². The number of rotatable bonds is 4. The zero-order chi connectivity index (χ0) is 13.9. The highest BCUT2D eigenvalue weighted by atomic mass is 15.0. The van der Waals surface area contributed by atoms with Gasteiger partial charge in [0.05, 0.1) is 11.4 Å². The Morgan fingerprint density at radius 3 is 2.45 bits per heavy atom. The molecule has 0 amide bonds. The van der Waals surface area contributed by atoms with Crippen molar-refractivity contribution < 1.29 is 9.88 Å². The largest absolute Gasteiger partial charge is 0.339 e. The van der Waals surface area contributed by atoms with E-state index in [1.54, 1.807) is 0 Å². The van der Waals surface area contributed by atoms with Crippen LogP contribution in [0, 0.1) is 0 Å². The van der Waals surface area contributed by atoms with E-state index in [4.69, 9.17) is 0 Å². The van der Waals surface area contributed by atoms with E-state index in [1.165, 1.54) is 21.7 Å². The fourth-order valence-electron chi connectivity index (χ4n) is 2.78. The van der Waals surface area contributed by atoms with Gasteiger partial charge in [-0.1, -0.05) is 30.3 Å². The van der Waals surface area contributed by atoms with Crippen molar-refractivity contribution in [1.82, 2.24) is 0 Å². The summed E-state index contributed by atoms with van der Waals surface area (Å²) in [4.78, 5) is 0. The standard InChI is InChI=1S/C18H21N2/c1-14(2)19-11-12-20-13-15-7-3-4-8-16(15)17-9-5-6-10-18(17)20/h3-10,13-14,19H,11-12H2,1-2H3/q+1/p+1. The number of quaternary nitrogens is 1. The molecule has 1 aromatic heterocycles. The van der Waals surface area contributed by atoms with Crippen LogP contribution >= 0.6 is 0 Å². The predicted octanol–water partition coefficient (Wildman–Crippen LogP) is 2.25. The molecule has 0 radical (unpaired) electrons. The maximum absolute atomic E-state index is 2.39. The molecule has 0 aliphatic carbocycles. The normalized spacial score (nSPS) is 11.6. The van der Waals surface area contributed by atoms with Crippen LogP contribution in [0.25, 0.3) is 21.7 Å². The van der Waals surface area contributed by atoms with E-state index in [2.05, 4.69) is 78.5 Å². The van der Waals surface area contributed by atoms with Gasteiger partial charge in [0.25, 0.3) is 0 Å². The van der Waals surface area contributed by atoms with E-state index < -0.39 is 0 Å². The lowest BCUT2D eigenvalue weighted by molar-refractivity contribution is -0.751. The second-order valence-corrected chi connectivity index (χ2v) is 5.70. The number of pyridine rings is 1. The fraction of sp³-hybridized carbons (Fsp3) is 0.278. The number of aromatic nitrogens is 1. The van der Waals surface area contributed by atoms with Crippen molar-refractivity contribution in [2.45, 2.75) is 26.4 Å². The van der Waals surface area contributed by atoms with Gasteiger partial charge in [0.15, 0.2) is 12.7 Å². The first-order valence-corrected chi connectivity index (χ1v) is 7.39. The summed E-state index contributed by atoms with van der Waals surface area (Å²) in [5.74, 6) is 0. The van der Waals surface area contributed by atoms with Gasteiger partial charge in [-0.05, 0) is 26.0 Å². The lowest BCUT2D eigenvalue weighted by Gasteiger charge is -2.06. The molecule has 2 aromatic carbocycles. The van der Waals surface area contributed by atoms with Crippen LogP contribution < -0.4 is 9.88 Å². The van der Waals surface area contributed by atoms with Gasteiger partial charge >= 0.3 is 0 Å². The van der Waals surface area contributed by atoms with E-state index in [-0.39, 0.29) is 0 Å². The Labute approximate surface area is 120 Å². The molecular weight excluding hydrogens is 244 g/mol. The molecule has 0 aliphatic rings. The van der Waals surface area contributed by atoms with Gasteiger partial charge in [0, 0.05) is 16.8 Å². The van der Waals surface area contributed by atoms with Crippen molar-refractivity contribution in [3.8, 4) is 0 Å². The molecule has 2 N–H and O–H groups in total. The second-order valence-electron chi connectivity index (χ2n) is 5.70. The molecule has 3 rings (SSSR count). The van der Waals surface area contributed by atoms with Gasteiger partial charge in [-0.3, -0.25) is 0 Å². The summed E-state index contributed by atoms with van der Waals surface area (Å²) in [7, 11) is 0. The average Bonchev–Trinajstić information content (AvgIpc) is 2.47. The molecule has 0 spiro atoms. The van der Waals surface area contributed by atoms with Crippen molar-refractivity contribution in [2.75, 3.05) is 6.54 Å². The second kappa shape index (κ2) is 5.59. The highest BCUT2D eigenvalue weighted by Gasteiger charge is 2.13. The Morgan fingerprint density at radius 1 is 0.950 bits per heavy atom. The number of fused-ring (bicyclic) bond motifs is 3. The molecule has 3 aromatic rings. The molecule has 20 heavy (non-hydrogen) atoms. The zero-order valence-corrected chi connectivity index (χ0v) is 12.2. The van der Waals surface area contributed by atoms with Crippen molar-refractivity contribution in [3.05, 3.63) is 54.7 Å². The Hall–Kier alpha value is -1.93. The van der Waals surface area contributed by atoms with Gasteiger partial charge in [0.2, 0.25) is 5.52 Å². The Bertz CT molecular complexity index is 732. The summed E-state index contributed by atoms with van der Waals surface area (Å²) in [5.41, 5.74) is 1.32. The first kappa shape index (κ1) is 13.1. The maximum atomic E-state index is 2.39. The van der Waals surface area contributed by atoms with Crippen LogP contribution in [-0.4, -0.2) is 12.6 Å². The molecule has 0 aliphatic heterocycles. The van der Waals surface area contributed by atoms with Gasteiger partial charge in [-0.25, -0.2) is 0 Å². The number of nitrogens with zero attached hydrogens (tertiary/aromatic N) is 1. The Morgan fingerprint density at radius 2 is 1.65 bits per heavy atom. The third kappa shape index (κ3) is 2.52. The van der Waals surface area contributed by atoms with Crippen LogP contribution in [-0.2, 0) is 6.54 Å². The molecule has 0 unspecified atom stereocenters. The molecule has 0 fully saturated rings. The summed E-state index contributed by atoms with van der Waals surface area (Å²) in [6.07, 6.45) is 2.28. The molecule has 0 saturated carbocycles. The quantitative estimate of drug-likeness (QED) is 0.552. The van der Waals surface area contributed by atoms with Crippen LogP contribution in [0.4, 0.5) is 0 Å². The molecule has 0 bridgehead atoms. The molecule has 2 nitrogen and oxygen atoms in total. The zero-order valence-electron chi connectivity index (χ0n) is 12.2. The minimum atomic E-state index is 0.655. The van der Waals surface area contributed by atoms with Crippen LogP contribution in [0.2, 0.25) is 0 Å². The van der Waals surface area contributed by atoms with Gasteiger partial charge < -0.3 is 5.32 Å². The van der Waals surface area contributed by atoms with E-state index in [9.17, 15) is 0 Å². The summed E-state index contributed by atoms with van der Waals surface area (Å²) in [6, 6.07) is 18.0. The molecule has 2 heteroatoms. The number of benzene rings is 2. The summed E-state index contributed by atoms with van der Waals surface area (Å²) in [5, 5.41) is 6.38. The minimum absolute atomic E-state index is 0.655. The summed E-state index contributed by atoms with van der Waals surface area (Å²) < 4.78 is 2.39. The highest BCUT2D eigenvalue weighted by Crippen LogP contribution is 2.21. The average molecular weight is 266 g/mol. The van der Waals surface area contributed by atoms with Crippen molar-refractivity contribution in [2.24, 2.45) is 0 Å². The topological polar surface area (TPSA) is 20.5 Å². The van der Waals surface area contributed by atoms with Crippen molar-refractivity contribution >= 4 is 21.7 Å². The number of nitrogens with two attached hydrogens (primary N) is 1. The number of hydrogen-bond donors (Lipinski definition) is 1. The van der Waals surface area contributed by atoms with Gasteiger partial charge in [0.1, 0.15) is 6.54 Å². The van der Waals surface area contributed by atoms with Gasteiger partial charge in [-0.2, -0.15) is 4.57 Å². The first-order chi connectivity index (χ1) is 9.75. The van der Waals surface area contributed by atoms with Crippen molar-refractivity contribution in [3.63, 3.8) is 0 Å². The lowest BCUT2D eigenvalue weighted by atomic mass is 10.1. The van der Waals surface area contributed by atoms with E-state index >= 15 is 0 Å². The Balaban J connectivity index is 2.09. The predicted molar refractivity (Wildman–Crippen MR) is 83.6 cm³/mol. The third-order valence-corrected chi connectivity index (χ3v) is 3.77. The summed E-state index contributed by atoms with van der Waals surface area (Å²) in [6.45, 7) is 6.64. The number of para-hydroxylation sites is 1. The third-order valence-electron chi connectivity index (χ3n) is 3.77. The smallest absolute Gasteiger partial charge is 0.213 e. The maximum Gasteiger partial charge on any atom is 0.213 e. The van der Waals surface area contributed by atoms with E-state index in [0.717, 1.165) is 13.1 Å². The van der Waals surface area contributed by atoms with Crippen molar-refractivity contribution in [1.29, 1.82) is 0 Å². The molecule has 0 atom stereocenters. The van der Waals surface area contributed by atoms with Crippen LogP contribution in [0.1, 0.15) is 13.8 Å². The van der Waals surface area contributed by atoms with E-state index in [1.807, 2.05) is 0 Å². The first-order valence-electron chi connectivity index (χ1n) is 7.39. The van der Waals surface area contributed by atoms with E-state index in [0.29, 0.717) is 6.04 Å². The van der Waals surface area contributed by atoms with Crippen LogP contribution in [0.15, 0.2) is 54.7 Å². The monoisotopic (exact) mass is 266 g/mol. The number of hydrogen-bond acceptors (Lipinski definition) is 0. The molecule has 0 saturated heterocycles. The molecule has 102 valence electrons. The fourth-order valence-corrected chi connectivity index (χ4v) is 2.78. The highest BCUT2D eigenvalue weighted by molar-refractivity contribution is 6.03. The molecular formula is C18H22N2+2. The summed E-state index contributed by atoms with van der Waals surface area (Å²) >= 11 is 0. The Kier molecular flexibility index (Phi) is 3.66. The van der Waals surface area contributed by atoms with Gasteiger partial charge in [-0.15, -0.1) is 0 Å². The van der Waals surface area contributed by atoms with Crippen LogP contribution in [0.5, 0.6) is 0 Å². The molecule has 1 heterocycles. The lowest BCUT2D eigenvalue weighted by Crippen LogP contribution is -2.89.